The number of nitrogens with zero attached hydrogens (tertiary/aromatic N) is 1. The summed E-state index contributed by atoms with van der Waals surface area (Å²) in [7, 11) is 0. The maximum absolute atomic E-state index is 12.5. The third-order valence-electron chi connectivity index (χ3n) is 3.75. The predicted molar refractivity (Wildman–Crippen MR) is 80.8 cm³/mol. The van der Waals surface area contributed by atoms with Crippen molar-refractivity contribution in [3.63, 3.8) is 0 Å². The summed E-state index contributed by atoms with van der Waals surface area (Å²) in [5.41, 5.74) is 8.81. The molecule has 1 fully saturated rings. The van der Waals surface area contributed by atoms with Gasteiger partial charge in [0.1, 0.15) is 0 Å². The van der Waals surface area contributed by atoms with Gasteiger partial charge in [0, 0.05) is 18.7 Å². The van der Waals surface area contributed by atoms with E-state index in [2.05, 4.69) is 6.07 Å². The minimum Gasteiger partial charge on any atom is -0.338 e. The van der Waals surface area contributed by atoms with Crippen molar-refractivity contribution in [2.24, 2.45) is 11.7 Å². The van der Waals surface area contributed by atoms with Crippen LogP contribution in [0.15, 0.2) is 18.2 Å². The molecule has 3 nitrogen and oxygen atoms in total. The van der Waals surface area contributed by atoms with Crippen molar-refractivity contribution >= 4 is 18.3 Å². The molecule has 1 heterocycles. The van der Waals surface area contributed by atoms with Crippen molar-refractivity contribution in [3.8, 4) is 0 Å². The van der Waals surface area contributed by atoms with E-state index in [4.69, 9.17) is 5.73 Å². The summed E-state index contributed by atoms with van der Waals surface area (Å²) < 4.78 is 0. The van der Waals surface area contributed by atoms with E-state index >= 15 is 0 Å². The van der Waals surface area contributed by atoms with Gasteiger partial charge in [-0.1, -0.05) is 17.7 Å². The lowest BCUT2D eigenvalue weighted by atomic mass is 9.96. The molecule has 0 aromatic heterocycles. The van der Waals surface area contributed by atoms with Gasteiger partial charge < -0.3 is 10.6 Å². The Bertz CT molecular complexity index is 448. The number of rotatable bonds is 2. The van der Waals surface area contributed by atoms with Crippen molar-refractivity contribution in [3.05, 3.63) is 34.9 Å². The Balaban J connectivity index is 0.00000180. The summed E-state index contributed by atoms with van der Waals surface area (Å²) in [6, 6.07) is 6.02. The maximum Gasteiger partial charge on any atom is 0.254 e. The average Bonchev–Trinajstić information content (AvgIpc) is 2.38. The van der Waals surface area contributed by atoms with Gasteiger partial charge in [0.2, 0.25) is 0 Å². The first-order valence-corrected chi connectivity index (χ1v) is 6.68. The molecule has 1 aromatic carbocycles. The van der Waals surface area contributed by atoms with E-state index in [0.717, 1.165) is 37.1 Å². The van der Waals surface area contributed by atoms with E-state index in [9.17, 15) is 4.79 Å². The number of benzene rings is 1. The third-order valence-corrected chi connectivity index (χ3v) is 3.75. The smallest absolute Gasteiger partial charge is 0.254 e. The second kappa shape index (κ2) is 6.92. The number of halogens is 1. The predicted octanol–water partition coefficient (Wildman–Crippen LogP) is 2.54. The minimum atomic E-state index is 0. The highest BCUT2D eigenvalue weighted by atomic mass is 35.5. The third kappa shape index (κ3) is 3.71. The summed E-state index contributed by atoms with van der Waals surface area (Å²) in [6.07, 6.45) is 2.21. The Morgan fingerprint density at radius 2 is 2.16 bits per heavy atom. The van der Waals surface area contributed by atoms with Gasteiger partial charge in [-0.3, -0.25) is 4.79 Å². The highest BCUT2D eigenvalue weighted by molar-refractivity contribution is 5.95. The van der Waals surface area contributed by atoms with E-state index in [1.807, 2.05) is 30.9 Å². The molecule has 0 spiro atoms. The lowest BCUT2D eigenvalue weighted by Crippen LogP contribution is -2.42. The quantitative estimate of drug-likeness (QED) is 0.906. The zero-order chi connectivity index (χ0) is 13.1. The zero-order valence-electron chi connectivity index (χ0n) is 11.7. The van der Waals surface area contributed by atoms with Crippen LogP contribution in [0.4, 0.5) is 0 Å². The number of hydrogen-bond donors (Lipinski definition) is 1. The van der Waals surface area contributed by atoms with Gasteiger partial charge in [-0.2, -0.15) is 0 Å². The number of carbonyl (C=O) groups excluding carboxylic acids is 1. The fraction of sp³-hybridized carbons (Fsp3) is 0.533. The fourth-order valence-electron chi connectivity index (χ4n) is 2.67. The molecule has 1 aliphatic heterocycles. The van der Waals surface area contributed by atoms with Crippen LogP contribution in [-0.2, 0) is 0 Å². The molecule has 1 aliphatic rings. The molecule has 0 radical (unpaired) electrons. The topological polar surface area (TPSA) is 46.3 Å². The van der Waals surface area contributed by atoms with Gasteiger partial charge in [-0.05, 0) is 50.8 Å². The van der Waals surface area contributed by atoms with Crippen LogP contribution in [0.1, 0.15) is 34.3 Å². The number of hydrogen-bond acceptors (Lipinski definition) is 2. The van der Waals surface area contributed by atoms with Gasteiger partial charge >= 0.3 is 0 Å². The summed E-state index contributed by atoms with van der Waals surface area (Å²) in [4.78, 5) is 14.4. The summed E-state index contributed by atoms with van der Waals surface area (Å²) in [6.45, 7) is 6.40. The molecule has 1 aromatic rings. The van der Waals surface area contributed by atoms with Gasteiger partial charge in [0.05, 0.1) is 0 Å². The van der Waals surface area contributed by atoms with E-state index in [-0.39, 0.29) is 18.3 Å². The van der Waals surface area contributed by atoms with Crippen molar-refractivity contribution in [2.75, 3.05) is 19.6 Å². The van der Waals surface area contributed by atoms with Crippen LogP contribution in [0, 0.1) is 19.8 Å². The molecule has 4 heteroatoms. The second-order valence-electron chi connectivity index (χ2n) is 5.31. The van der Waals surface area contributed by atoms with Crippen LogP contribution in [0.25, 0.3) is 0 Å². The number of piperidine rings is 1. The Hall–Kier alpha value is -1.06. The Kier molecular flexibility index (Phi) is 5.83. The molecule has 106 valence electrons. The molecule has 0 bridgehead atoms. The van der Waals surface area contributed by atoms with Gasteiger partial charge in [-0.25, -0.2) is 0 Å². The van der Waals surface area contributed by atoms with E-state index in [0.29, 0.717) is 12.5 Å². The van der Waals surface area contributed by atoms with Crippen molar-refractivity contribution in [2.45, 2.75) is 26.7 Å². The van der Waals surface area contributed by atoms with Crippen LogP contribution in [0.2, 0.25) is 0 Å². The molecule has 0 aliphatic carbocycles. The molecule has 1 atom stereocenters. The minimum absolute atomic E-state index is 0. The van der Waals surface area contributed by atoms with Gasteiger partial charge in [0.15, 0.2) is 0 Å². The number of likely N-dealkylation sites (tertiary alicyclic amines) is 1. The summed E-state index contributed by atoms with van der Waals surface area (Å²) in [5.74, 6) is 0.624. The monoisotopic (exact) mass is 282 g/mol. The molecular formula is C15H23ClN2O. The Labute approximate surface area is 121 Å². The zero-order valence-corrected chi connectivity index (χ0v) is 12.5. The SMILES string of the molecule is Cc1ccc(C(=O)N2CCCC(CN)C2)c(C)c1.Cl. The molecular weight excluding hydrogens is 260 g/mol. The highest BCUT2D eigenvalue weighted by Crippen LogP contribution is 2.19. The number of amides is 1. The van der Waals surface area contributed by atoms with E-state index < -0.39 is 0 Å². The van der Waals surface area contributed by atoms with Crippen molar-refractivity contribution < 1.29 is 4.79 Å². The summed E-state index contributed by atoms with van der Waals surface area (Å²) >= 11 is 0. The Morgan fingerprint density at radius 1 is 1.42 bits per heavy atom. The van der Waals surface area contributed by atoms with Crippen LogP contribution < -0.4 is 5.73 Å². The molecule has 0 saturated carbocycles. The number of carbonyl (C=O) groups is 1. The first kappa shape index (κ1) is 16.0. The van der Waals surface area contributed by atoms with Crippen LogP contribution in [0.3, 0.4) is 0 Å². The lowest BCUT2D eigenvalue weighted by Gasteiger charge is -2.32. The van der Waals surface area contributed by atoms with Crippen LogP contribution in [0.5, 0.6) is 0 Å². The van der Waals surface area contributed by atoms with Crippen LogP contribution >= 0.6 is 12.4 Å². The number of aryl methyl sites for hydroxylation is 2. The second-order valence-corrected chi connectivity index (χ2v) is 5.31. The Morgan fingerprint density at radius 3 is 2.79 bits per heavy atom. The first-order valence-electron chi connectivity index (χ1n) is 6.68. The maximum atomic E-state index is 12.5. The lowest BCUT2D eigenvalue weighted by molar-refractivity contribution is 0.0677. The van der Waals surface area contributed by atoms with Crippen molar-refractivity contribution in [1.29, 1.82) is 0 Å². The largest absolute Gasteiger partial charge is 0.338 e. The standard InChI is InChI=1S/C15H22N2O.ClH/c1-11-5-6-14(12(2)8-11)15(18)17-7-3-4-13(9-16)10-17;/h5-6,8,13H,3-4,7,9-10,16H2,1-2H3;1H. The number of nitrogens with two attached hydrogens (primary N) is 1. The van der Waals surface area contributed by atoms with Gasteiger partial charge in [0.25, 0.3) is 5.91 Å². The summed E-state index contributed by atoms with van der Waals surface area (Å²) in [5, 5.41) is 0. The van der Waals surface area contributed by atoms with E-state index in [1.165, 1.54) is 5.56 Å². The molecule has 2 N–H and O–H groups in total. The van der Waals surface area contributed by atoms with Crippen LogP contribution in [-0.4, -0.2) is 30.4 Å². The van der Waals surface area contributed by atoms with Crippen molar-refractivity contribution in [1.82, 2.24) is 4.90 Å². The normalized spacial score (nSPS) is 18.9. The first-order chi connectivity index (χ1) is 8.61. The van der Waals surface area contributed by atoms with Gasteiger partial charge in [-0.15, -0.1) is 12.4 Å². The van der Waals surface area contributed by atoms with E-state index in [1.54, 1.807) is 0 Å². The highest BCUT2D eigenvalue weighted by Gasteiger charge is 2.24. The average molecular weight is 283 g/mol. The molecule has 2 rings (SSSR count). The fourth-order valence-corrected chi connectivity index (χ4v) is 2.67. The molecule has 1 saturated heterocycles. The molecule has 1 unspecified atom stereocenters. The molecule has 1 amide bonds. The molecule has 19 heavy (non-hydrogen) atoms.